The first-order chi connectivity index (χ1) is 35.7. The minimum absolute atomic E-state index is 0.527. The summed E-state index contributed by atoms with van der Waals surface area (Å²) in [7, 11) is 0. The predicted octanol–water partition coefficient (Wildman–Crippen LogP) is 19.0. The van der Waals surface area contributed by atoms with Crippen LogP contribution in [0.15, 0.2) is 297 Å². The molecule has 0 saturated carbocycles. The predicted molar refractivity (Wildman–Crippen MR) is 303 cm³/mol. The fraction of sp³-hybridized carbons (Fsp3) is 0.0141. The molecule has 1 nitrogen and oxygen atoms in total. The lowest BCUT2D eigenvalue weighted by molar-refractivity contribution is 0.768. The van der Waals surface area contributed by atoms with Gasteiger partial charge in [-0.3, -0.25) is 0 Å². The standard InChI is InChI=1S/C71H49N/c1-4-20-54(21-5-1)64-31-12-13-32-65(64)59-25-17-30-63(49-59)72(69-36-18-35-68-70(69)66-33-14-15-34-67(66)71(68,60-26-6-2-7-27-60)61-28-8-3-9-29-61)62-45-43-52(44-46-62)51-37-39-53(40-38-51)56-23-16-24-57(47-56)58-42-41-50-19-10-11-22-55(50)48-58/h1-49H. The number of hydrogen-bond acceptors (Lipinski definition) is 1. The minimum Gasteiger partial charge on any atom is -0.310 e. The molecular weight excluding hydrogens is 867 g/mol. The van der Waals surface area contributed by atoms with E-state index >= 15 is 0 Å². The summed E-state index contributed by atoms with van der Waals surface area (Å²) >= 11 is 0. The highest BCUT2D eigenvalue weighted by Crippen LogP contribution is 2.59. The zero-order valence-corrected chi connectivity index (χ0v) is 39.7. The normalized spacial score (nSPS) is 12.3. The summed E-state index contributed by atoms with van der Waals surface area (Å²) in [6, 6.07) is 109. The summed E-state index contributed by atoms with van der Waals surface area (Å²) in [6.45, 7) is 0. The molecule has 0 N–H and O–H groups in total. The Hall–Kier alpha value is -9.30. The molecular formula is C71H49N. The van der Waals surface area contributed by atoms with Crippen molar-refractivity contribution in [3.8, 4) is 66.8 Å². The summed E-state index contributed by atoms with van der Waals surface area (Å²) in [4.78, 5) is 2.48. The fourth-order valence-corrected chi connectivity index (χ4v) is 11.4. The molecule has 0 fully saturated rings. The molecule has 13 rings (SSSR count). The van der Waals surface area contributed by atoms with Gasteiger partial charge in [0.05, 0.1) is 11.1 Å². The molecule has 0 saturated heterocycles. The third-order valence-electron chi connectivity index (χ3n) is 14.8. The van der Waals surface area contributed by atoms with Crippen LogP contribution in [0, 0.1) is 0 Å². The van der Waals surface area contributed by atoms with Gasteiger partial charge in [-0.05, 0) is 137 Å². The van der Waals surface area contributed by atoms with E-state index in [-0.39, 0.29) is 0 Å². The van der Waals surface area contributed by atoms with Crippen LogP contribution >= 0.6 is 0 Å². The van der Waals surface area contributed by atoms with E-state index in [0.717, 1.165) is 28.2 Å². The van der Waals surface area contributed by atoms with Gasteiger partial charge in [0.1, 0.15) is 0 Å². The Kier molecular flexibility index (Phi) is 10.8. The van der Waals surface area contributed by atoms with Crippen LogP contribution in [0.3, 0.4) is 0 Å². The zero-order valence-electron chi connectivity index (χ0n) is 39.7. The molecule has 12 aromatic rings. The Morgan fingerprint density at radius 2 is 0.694 bits per heavy atom. The van der Waals surface area contributed by atoms with Crippen LogP contribution in [0.5, 0.6) is 0 Å². The molecule has 0 atom stereocenters. The summed E-state index contributed by atoms with van der Waals surface area (Å²) < 4.78 is 0. The van der Waals surface area contributed by atoms with Crippen molar-refractivity contribution in [3.05, 3.63) is 320 Å². The number of fused-ring (bicyclic) bond motifs is 4. The van der Waals surface area contributed by atoms with Crippen molar-refractivity contribution < 1.29 is 0 Å². The molecule has 1 aliphatic rings. The van der Waals surface area contributed by atoms with Gasteiger partial charge < -0.3 is 4.90 Å². The highest BCUT2D eigenvalue weighted by atomic mass is 15.1. The topological polar surface area (TPSA) is 3.24 Å². The summed E-state index contributed by atoms with van der Waals surface area (Å²) in [5, 5.41) is 2.51. The highest BCUT2D eigenvalue weighted by Gasteiger charge is 2.47. The smallest absolute Gasteiger partial charge is 0.0714 e. The second-order valence-electron chi connectivity index (χ2n) is 18.8. The molecule has 1 aliphatic carbocycles. The second-order valence-corrected chi connectivity index (χ2v) is 18.8. The molecule has 0 spiro atoms. The molecule has 0 bridgehead atoms. The van der Waals surface area contributed by atoms with Gasteiger partial charge in [0.15, 0.2) is 0 Å². The van der Waals surface area contributed by atoms with Crippen molar-refractivity contribution in [3.63, 3.8) is 0 Å². The summed E-state index contributed by atoms with van der Waals surface area (Å²) in [6.07, 6.45) is 0. The average molecular weight is 916 g/mol. The highest BCUT2D eigenvalue weighted by molar-refractivity contribution is 5.98. The van der Waals surface area contributed by atoms with Crippen LogP contribution in [0.25, 0.3) is 77.5 Å². The van der Waals surface area contributed by atoms with Crippen molar-refractivity contribution in [2.75, 3.05) is 4.90 Å². The molecule has 0 amide bonds. The van der Waals surface area contributed by atoms with Gasteiger partial charge in [-0.1, -0.05) is 255 Å². The van der Waals surface area contributed by atoms with Crippen molar-refractivity contribution in [2.24, 2.45) is 0 Å². The van der Waals surface area contributed by atoms with Gasteiger partial charge in [-0.25, -0.2) is 0 Å². The van der Waals surface area contributed by atoms with E-state index in [2.05, 4.69) is 302 Å². The van der Waals surface area contributed by atoms with Crippen molar-refractivity contribution >= 4 is 27.8 Å². The van der Waals surface area contributed by atoms with Gasteiger partial charge in [-0.15, -0.1) is 0 Å². The van der Waals surface area contributed by atoms with Crippen LogP contribution in [-0.4, -0.2) is 0 Å². The first kappa shape index (κ1) is 42.8. The molecule has 0 unspecified atom stereocenters. The Balaban J connectivity index is 0.932. The maximum Gasteiger partial charge on any atom is 0.0714 e. The SMILES string of the molecule is c1ccc(-c2ccccc2-c2cccc(N(c3ccc(-c4ccc(-c5cccc(-c6ccc7ccccc7c6)c5)cc4)cc3)c3cccc4c3-c3ccccc3C4(c3ccccc3)c3ccccc3)c2)cc1. The van der Waals surface area contributed by atoms with Gasteiger partial charge in [-0.2, -0.15) is 0 Å². The molecule has 1 heteroatoms. The van der Waals surface area contributed by atoms with Gasteiger partial charge in [0.25, 0.3) is 0 Å². The van der Waals surface area contributed by atoms with E-state index in [1.165, 1.54) is 88.7 Å². The van der Waals surface area contributed by atoms with Gasteiger partial charge in [0.2, 0.25) is 0 Å². The number of anilines is 3. The molecule has 0 radical (unpaired) electrons. The number of benzene rings is 12. The van der Waals surface area contributed by atoms with E-state index < -0.39 is 5.41 Å². The van der Waals surface area contributed by atoms with E-state index in [9.17, 15) is 0 Å². The second kappa shape index (κ2) is 18.2. The summed E-state index contributed by atoms with van der Waals surface area (Å²) in [5.41, 5.74) is 22.2. The number of hydrogen-bond donors (Lipinski definition) is 0. The third-order valence-corrected chi connectivity index (χ3v) is 14.8. The Morgan fingerprint density at radius 3 is 1.39 bits per heavy atom. The van der Waals surface area contributed by atoms with E-state index in [4.69, 9.17) is 0 Å². The maximum absolute atomic E-state index is 2.48. The van der Waals surface area contributed by atoms with Crippen LogP contribution in [-0.2, 0) is 5.41 Å². The average Bonchev–Trinajstić information content (AvgIpc) is 3.78. The lowest BCUT2D eigenvalue weighted by Gasteiger charge is -2.34. The quantitative estimate of drug-likeness (QED) is 0.132. The minimum atomic E-state index is -0.527. The van der Waals surface area contributed by atoms with Crippen LogP contribution in [0.1, 0.15) is 22.3 Å². The van der Waals surface area contributed by atoms with Crippen molar-refractivity contribution in [2.45, 2.75) is 5.41 Å². The molecule has 72 heavy (non-hydrogen) atoms. The zero-order chi connectivity index (χ0) is 47.8. The number of nitrogens with zero attached hydrogens (tertiary/aromatic N) is 1. The number of rotatable bonds is 10. The Bertz CT molecular complexity index is 3850. The van der Waals surface area contributed by atoms with Crippen LogP contribution in [0.4, 0.5) is 17.1 Å². The van der Waals surface area contributed by atoms with E-state index in [1.807, 2.05) is 0 Å². The van der Waals surface area contributed by atoms with E-state index in [1.54, 1.807) is 0 Å². The monoisotopic (exact) mass is 915 g/mol. The van der Waals surface area contributed by atoms with Gasteiger partial charge >= 0.3 is 0 Å². The largest absolute Gasteiger partial charge is 0.310 e. The first-order valence-corrected chi connectivity index (χ1v) is 24.9. The van der Waals surface area contributed by atoms with Crippen molar-refractivity contribution in [1.82, 2.24) is 0 Å². The lowest BCUT2D eigenvalue weighted by atomic mass is 9.68. The molecule has 0 aliphatic heterocycles. The van der Waals surface area contributed by atoms with E-state index in [0.29, 0.717) is 0 Å². The fourth-order valence-electron chi connectivity index (χ4n) is 11.4. The molecule has 0 heterocycles. The van der Waals surface area contributed by atoms with Crippen molar-refractivity contribution in [1.29, 1.82) is 0 Å². The summed E-state index contributed by atoms with van der Waals surface area (Å²) in [5.74, 6) is 0. The maximum atomic E-state index is 2.48. The van der Waals surface area contributed by atoms with Crippen LogP contribution < -0.4 is 4.90 Å². The van der Waals surface area contributed by atoms with Crippen LogP contribution in [0.2, 0.25) is 0 Å². The lowest BCUT2D eigenvalue weighted by Crippen LogP contribution is -2.28. The molecule has 12 aromatic carbocycles. The molecule has 338 valence electrons. The first-order valence-electron chi connectivity index (χ1n) is 24.9. The Labute approximate surface area is 422 Å². The Morgan fingerprint density at radius 1 is 0.236 bits per heavy atom. The molecule has 0 aromatic heterocycles. The van der Waals surface area contributed by atoms with Gasteiger partial charge in [0, 0.05) is 16.9 Å². The third kappa shape index (κ3) is 7.42.